The second kappa shape index (κ2) is 7.16. The van der Waals surface area contributed by atoms with Gasteiger partial charge < -0.3 is 15.4 Å². The van der Waals surface area contributed by atoms with E-state index in [2.05, 4.69) is 15.4 Å². The van der Waals surface area contributed by atoms with Gasteiger partial charge in [0.25, 0.3) is 0 Å². The number of amides is 1. The molecule has 0 aliphatic heterocycles. The van der Waals surface area contributed by atoms with Gasteiger partial charge in [0.1, 0.15) is 11.6 Å². The van der Waals surface area contributed by atoms with E-state index in [9.17, 15) is 26.7 Å². The molecule has 0 atom stereocenters. The van der Waals surface area contributed by atoms with Crippen LogP contribution in [0.3, 0.4) is 0 Å². The van der Waals surface area contributed by atoms with Crippen molar-refractivity contribution in [3.8, 4) is 5.75 Å². The highest BCUT2D eigenvalue weighted by Gasteiger charge is 2.32. The van der Waals surface area contributed by atoms with E-state index < -0.39 is 36.2 Å². The molecule has 0 aliphatic rings. The number of nitrogens with one attached hydrogen (secondary N) is 2. The molecule has 4 nitrogen and oxygen atoms in total. The van der Waals surface area contributed by atoms with Gasteiger partial charge in [0, 0.05) is 6.07 Å². The van der Waals surface area contributed by atoms with Crippen molar-refractivity contribution in [3.05, 3.63) is 54.1 Å². The van der Waals surface area contributed by atoms with E-state index in [1.54, 1.807) is 0 Å². The molecular weight excluding hydrogens is 335 g/mol. The maximum Gasteiger partial charge on any atom is 0.573 e. The van der Waals surface area contributed by atoms with Crippen LogP contribution in [0.1, 0.15) is 0 Å². The number of carbonyl (C=O) groups excluding carboxylic acids is 1. The summed E-state index contributed by atoms with van der Waals surface area (Å²) in [4.78, 5) is 11.7. The first-order chi connectivity index (χ1) is 11.2. The van der Waals surface area contributed by atoms with Crippen molar-refractivity contribution in [2.45, 2.75) is 6.36 Å². The number of anilines is 2. The van der Waals surface area contributed by atoms with Crippen LogP contribution in [0.2, 0.25) is 0 Å². The zero-order chi connectivity index (χ0) is 17.7. The zero-order valence-electron chi connectivity index (χ0n) is 12.0. The molecule has 2 aromatic carbocycles. The fourth-order valence-electron chi connectivity index (χ4n) is 1.79. The lowest BCUT2D eigenvalue weighted by Gasteiger charge is -2.14. The van der Waals surface area contributed by atoms with Crippen molar-refractivity contribution in [2.24, 2.45) is 0 Å². The maximum atomic E-state index is 13.4. The highest BCUT2D eigenvalue weighted by atomic mass is 19.4. The van der Waals surface area contributed by atoms with Crippen LogP contribution in [0, 0.1) is 11.6 Å². The molecule has 0 aromatic heterocycles. The van der Waals surface area contributed by atoms with Crippen LogP contribution in [-0.2, 0) is 4.79 Å². The van der Waals surface area contributed by atoms with Crippen LogP contribution in [0.4, 0.5) is 33.3 Å². The van der Waals surface area contributed by atoms with Gasteiger partial charge in [-0.05, 0) is 24.3 Å². The van der Waals surface area contributed by atoms with E-state index in [1.807, 2.05) is 0 Å². The minimum absolute atomic E-state index is 0.0790. The lowest BCUT2D eigenvalue weighted by molar-refractivity contribution is -0.274. The monoisotopic (exact) mass is 346 g/mol. The summed E-state index contributed by atoms with van der Waals surface area (Å²) in [5, 5.41) is 4.55. The largest absolute Gasteiger partial charge is 0.573 e. The summed E-state index contributed by atoms with van der Waals surface area (Å²) in [5.74, 6) is -2.88. The molecule has 128 valence electrons. The molecule has 0 radical (unpaired) electrons. The van der Waals surface area contributed by atoms with Gasteiger partial charge in [0.2, 0.25) is 5.91 Å². The molecule has 0 bridgehead atoms. The highest BCUT2D eigenvalue weighted by Crippen LogP contribution is 2.29. The second-order valence-corrected chi connectivity index (χ2v) is 4.57. The van der Waals surface area contributed by atoms with Gasteiger partial charge in [0.15, 0.2) is 5.75 Å². The average molecular weight is 346 g/mol. The van der Waals surface area contributed by atoms with Crippen molar-refractivity contribution < 1.29 is 31.5 Å². The normalized spacial score (nSPS) is 11.0. The van der Waals surface area contributed by atoms with Crippen molar-refractivity contribution >= 4 is 17.3 Å². The van der Waals surface area contributed by atoms with Gasteiger partial charge in [-0.1, -0.05) is 12.1 Å². The maximum absolute atomic E-state index is 13.4. The third-order valence-electron chi connectivity index (χ3n) is 2.75. The van der Waals surface area contributed by atoms with Gasteiger partial charge in [-0.3, -0.25) is 4.79 Å². The molecule has 0 aliphatic carbocycles. The van der Waals surface area contributed by atoms with Crippen molar-refractivity contribution in [2.75, 3.05) is 17.2 Å². The fourth-order valence-corrected chi connectivity index (χ4v) is 1.79. The first-order valence-electron chi connectivity index (χ1n) is 6.58. The van der Waals surface area contributed by atoms with Gasteiger partial charge in [-0.15, -0.1) is 13.2 Å². The SMILES string of the molecule is O=C(CNc1ccccc1OC(F)(F)F)Nc1cc(F)ccc1F. The summed E-state index contributed by atoms with van der Waals surface area (Å²) < 4.78 is 67.1. The summed E-state index contributed by atoms with van der Waals surface area (Å²) in [6, 6.07) is 7.62. The Morgan fingerprint density at radius 2 is 1.75 bits per heavy atom. The molecule has 0 spiro atoms. The van der Waals surface area contributed by atoms with Crippen LogP contribution in [0.25, 0.3) is 0 Å². The Bertz CT molecular complexity index is 734. The number of para-hydroxylation sites is 2. The lowest BCUT2D eigenvalue weighted by Crippen LogP contribution is -2.23. The Kier molecular flexibility index (Phi) is 5.22. The van der Waals surface area contributed by atoms with E-state index in [0.717, 1.165) is 24.3 Å². The van der Waals surface area contributed by atoms with E-state index in [1.165, 1.54) is 18.2 Å². The zero-order valence-corrected chi connectivity index (χ0v) is 12.0. The third-order valence-corrected chi connectivity index (χ3v) is 2.75. The van der Waals surface area contributed by atoms with Crippen molar-refractivity contribution in [1.29, 1.82) is 0 Å². The molecule has 24 heavy (non-hydrogen) atoms. The van der Waals surface area contributed by atoms with Crippen molar-refractivity contribution in [1.82, 2.24) is 0 Å². The van der Waals surface area contributed by atoms with Crippen LogP contribution < -0.4 is 15.4 Å². The first kappa shape index (κ1) is 17.5. The average Bonchev–Trinajstić information content (AvgIpc) is 2.48. The molecule has 2 N–H and O–H groups in total. The number of alkyl halides is 3. The van der Waals surface area contributed by atoms with Crippen LogP contribution in [-0.4, -0.2) is 18.8 Å². The quantitative estimate of drug-likeness (QED) is 0.807. The van der Waals surface area contributed by atoms with Crippen molar-refractivity contribution in [3.63, 3.8) is 0 Å². The number of carbonyl (C=O) groups is 1. The Balaban J connectivity index is 2.01. The van der Waals surface area contributed by atoms with Crippen LogP contribution >= 0.6 is 0 Å². The van der Waals surface area contributed by atoms with Crippen LogP contribution in [0.15, 0.2) is 42.5 Å². The molecule has 0 fully saturated rings. The van der Waals surface area contributed by atoms with Gasteiger partial charge >= 0.3 is 6.36 Å². The number of benzene rings is 2. The molecular formula is C15H11F5N2O2. The van der Waals surface area contributed by atoms with E-state index >= 15 is 0 Å². The third kappa shape index (κ3) is 5.11. The summed E-state index contributed by atoms with van der Waals surface area (Å²) in [5.41, 5.74) is -0.452. The van der Waals surface area contributed by atoms with Gasteiger partial charge in [-0.2, -0.15) is 0 Å². The van der Waals surface area contributed by atoms with E-state index in [-0.39, 0.29) is 11.4 Å². The molecule has 0 heterocycles. The lowest BCUT2D eigenvalue weighted by atomic mass is 10.3. The topological polar surface area (TPSA) is 50.4 Å². The number of hydrogen-bond donors (Lipinski definition) is 2. The smallest absolute Gasteiger partial charge is 0.404 e. The predicted molar refractivity (Wildman–Crippen MR) is 76.6 cm³/mol. The molecule has 0 unspecified atom stereocenters. The first-order valence-corrected chi connectivity index (χ1v) is 6.58. The molecule has 0 saturated carbocycles. The Labute approximate surface area is 133 Å². The number of rotatable bonds is 5. The minimum atomic E-state index is -4.88. The standard InChI is InChI=1S/C15H11F5N2O2/c16-9-5-6-10(17)12(7-9)22-14(23)8-21-11-3-1-2-4-13(11)24-15(18,19)20/h1-7,21H,8H2,(H,22,23). The summed E-state index contributed by atoms with van der Waals surface area (Å²) in [6.45, 7) is -0.478. The molecule has 0 saturated heterocycles. The second-order valence-electron chi connectivity index (χ2n) is 4.57. The summed E-state index contributed by atoms with van der Waals surface area (Å²) in [6.07, 6.45) is -4.88. The minimum Gasteiger partial charge on any atom is -0.404 e. The van der Waals surface area contributed by atoms with E-state index in [0.29, 0.717) is 0 Å². The molecule has 9 heteroatoms. The molecule has 2 aromatic rings. The van der Waals surface area contributed by atoms with E-state index in [4.69, 9.17) is 0 Å². The Morgan fingerprint density at radius 1 is 1.04 bits per heavy atom. The van der Waals surface area contributed by atoms with Gasteiger partial charge in [-0.25, -0.2) is 8.78 Å². The summed E-state index contributed by atoms with van der Waals surface area (Å²) >= 11 is 0. The van der Waals surface area contributed by atoms with Gasteiger partial charge in [0.05, 0.1) is 17.9 Å². The number of halogens is 5. The molecule has 2 rings (SSSR count). The Morgan fingerprint density at radius 3 is 2.46 bits per heavy atom. The number of ether oxygens (including phenoxy) is 1. The molecule has 1 amide bonds. The van der Waals surface area contributed by atoms with Crippen LogP contribution in [0.5, 0.6) is 5.75 Å². The Hall–Kier alpha value is -2.84. The fraction of sp³-hybridized carbons (Fsp3) is 0.133. The highest BCUT2D eigenvalue weighted by molar-refractivity contribution is 5.94. The number of hydrogen-bond acceptors (Lipinski definition) is 3. The predicted octanol–water partition coefficient (Wildman–Crippen LogP) is 3.91. The summed E-state index contributed by atoms with van der Waals surface area (Å²) in [7, 11) is 0.